The predicted molar refractivity (Wildman–Crippen MR) is 121 cm³/mol. The summed E-state index contributed by atoms with van der Waals surface area (Å²) < 4.78 is 33.9. The third kappa shape index (κ3) is 7.56. The summed E-state index contributed by atoms with van der Waals surface area (Å²) in [6, 6.07) is 6.64. The van der Waals surface area contributed by atoms with Crippen molar-refractivity contribution in [1.82, 2.24) is 15.1 Å². The summed E-state index contributed by atoms with van der Waals surface area (Å²) >= 11 is 0. The van der Waals surface area contributed by atoms with E-state index >= 15 is 0 Å². The SMILES string of the molecule is CC(C)Oc1ccc(NS(=O)(=O)CC(=O)Nc2cnn(CC(=O)NC3CCCC3)c2)cc1. The van der Waals surface area contributed by atoms with Gasteiger partial charge in [0.05, 0.1) is 18.0 Å². The number of nitrogens with one attached hydrogen (secondary N) is 3. The first-order chi connectivity index (χ1) is 15.2. The lowest BCUT2D eigenvalue weighted by molar-refractivity contribution is -0.122. The fraction of sp³-hybridized carbons (Fsp3) is 0.476. The summed E-state index contributed by atoms with van der Waals surface area (Å²) in [6.45, 7) is 3.82. The molecular weight excluding hydrogens is 434 g/mol. The van der Waals surface area contributed by atoms with E-state index in [1.54, 1.807) is 24.3 Å². The standard InChI is InChI=1S/C21H29N5O5S/c1-15(2)31-19-9-7-17(8-10-19)25-32(29,30)14-21(28)24-18-11-22-26(12-18)13-20(27)23-16-5-3-4-6-16/h7-12,15-16,25H,3-6,13-14H2,1-2H3,(H,23,27)(H,24,28). The molecule has 1 aromatic heterocycles. The van der Waals surface area contributed by atoms with Crippen LogP contribution in [0.4, 0.5) is 11.4 Å². The van der Waals surface area contributed by atoms with Crippen molar-refractivity contribution >= 4 is 33.2 Å². The van der Waals surface area contributed by atoms with Crippen molar-refractivity contribution in [2.45, 2.75) is 58.2 Å². The largest absolute Gasteiger partial charge is 0.491 e. The fourth-order valence-electron chi connectivity index (χ4n) is 3.46. The number of amides is 2. The van der Waals surface area contributed by atoms with Crippen LogP contribution in [-0.4, -0.2) is 47.9 Å². The molecule has 0 bridgehead atoms. The average molecular weight is 464 g/mol. The highest BCUT2D eigenvalue weighted by Gasteiger charge is 2.19. The molecule has 1 saturated carbocycles. The molecule has 3 N–H and O–H groups in total. The lowest BCUT2D eigenvalue weighted by Gasteiger charge is -2.11. The van der Waals surface area contributed by atoms with Gasteiger partial charge in [-0.1, -0.05) is 12.8 Å². The molecule has 10 nitrogen and oxygen atoms in total. The number of ether oxygens (including phenoxy) is 1. The van der Waals surface area contributed by atoms with Crippen LogP contribution in [0, 0.1) is 0 Å². The molecule has 0 atom stereocenters. The molecule has 0 radical (unpaired) electrons. The molecule has 2 aromatic rings. The second kappa shape index (κ2) is 10.5. The zero-order chi connectivity index (χ0) is 23.1. The molecule has 1 aliphatic rings. The summed E-state index contributed by atoms with van der Waals surface area (Å²) in [4.78, 5) is 24.3. The average Bonchev–Trinajstić information content (AvgIpc) is 3.34. The maximum Gasteiger partial charge on any atom is 0.241 e. The molecule has 0 unspecified atom stereocenters. The van der Waals surface area contributed by atoms with Gasteiger partial charge in [0.15, 0.2) is 0 Å². The van der Waals surface area contributed by atoms with Crippen molar-refractivity contribution in [2.75, 3.05) is 15.8 Å². The lowest BCUT2D eigenvalue weighted by atomic mass is 10.2. The van der Waals surface area contributed by atoms with E-state index < -0.39 is 21.7 Å². The van der Waals surface area contributed by atoms with Gasteiger partial charge in [-0.25, -0.2) is 8.42 Å². The second-order valence-electron chi connectivity index (χ2n) is 8.08. The molecule has 1 aromatic carbocycles. The Morgan fingerprint density at radius 2 is 1.81 bits per heavy atom. The molecule has 1 heterocycles. The van der Waals surface area contributed by atoms with E-state index in [1.165, 1.54) is 17.1 Å². The molecule has 2 amide bonds. The first kappa shape index (κ1) is 23.6. The Kier molecular flexibility index (Phi) is 7.73. The van der Waals surface area contributed by atoms with Gasteiger partial charge in [-0.05, 0) is 51.0 Å². The van der Waals surface area contributed by atoms with E-state index in [4.69, 9.17) is 4.74 Å². The normalized spacial score (nSPS) is 14.3. The topological polar surface area (TPSA) is 131 Å². The number of carbonyl (C=O) groups excluding carboxylic acids is 2. The van der Waals surface area contributed by atoms with Crippen LogP contribution in [0.25, 0.3) is 0 Å². The second-order valence-corrected chi connectivity index (χ2v) is 9.80. The fourth-order valence-corrected chi connectivity index (χ4v) is 4.45. The molecular formula is C21H29N5O5S. The van der Waals surface area contributed by atoms with Gasteiger partial charge in [0.2, 0.25) is 21.8 Å². The summed E-state index contributed by atoms with van der Waals surface area (Å²) in [5.41, 5.74) is 0.643. The Bertz CT molecular complexity index is 1030. The van der Waals surface area contributed by atoms with Crippen LogP contribution in [-0.2, 0) is 26.2 Å². The summed E-state index contributed by atoms with van der Waals surface area (Å²) in [6.07, 6.45) is 7.09. The number of nitrogens with zero attached hydrogens (tertiary/aromatic N) is 2. The molecule has 11 heteroatoms. The maximum absolute atomic E-state index is 12.3. The van der Waals surface area contributed by atoms with Crippen LogP contribution in [0.2, 0.25) is 0 Å². The van der Waals surface area contributed by atoms with Gasteiger partial charge < -0.3 is 15.4 Å². The van der Waals surface area contributed by atoms with Crippen molar-refractivity contribution in [2.24, 2.45) is 0 Å². The van der Waals surface area contributed by atoms with Crippen molar-refractivity contribution < 1.29 is 22.7 Å². The first-order valence-electron chi connectivity index (χ1n) is 10.6. The highest BCUT2D eigenvalue weighted by atomic mass is 32.2. The highest BCUT2D eigenvalue weighted by molar-refractivity contribution is 7.93. The molecule has 1 fully saturated rings. The highest BCUT2D eigenvalue weighted by Crippen LogP contribution is 2.19. The minimum Gasteiger partial charge on any atom is -0.491 e. The molecule has 32 heavy (non-hydrogen) atoms. The van der Waals surface area contributed by atoms with E-state index in [0.29, 0.717) is 17.1 Å². The van der Waals surface area contributed by atoms with Gasteiger partial charge >= 0.3 is 0 Å². The van der Waals surface area contributed by atoms with E-state index in [0.717, 1.165) is 25.7 Å². The number of carbonyl (C=O) groups is 2. The predicted octanol–water partition coefficient (Wildman–Crippen LogP) is 2.11. The van der Waals surface area contributed by atoms with E-state index in [2.05, 4.69) is 20.5 Å². The van der Waals surface area contributed by atoms with Crippen LogP contribution in [0.5, 0.6) is 5.75 Å². The molecule has 0 aliphatic heterocycles. The number of anilines is 2. The quantitative estimate of drug-likeness (QED) is 0.495. The van der Waals surface area contributed by atoms with Gasteiger partial charge in [0.25, 0.3) is 0 Å². The Morgan fingerprint density at radius 1 is 1.12 bits per heavy atom. The number of benzene rings is 1. The molecule has 1 aliphatic carbocycles. The Morgan fingerprint density at radius 3 is 2.47 bits per heavy atom. The van der Waals surface area contributed by atoms with Crippen LogP contribution in [0.3, 0.4) is 0 Å². The Balaban J connectivity index is 1.47. The van der Waals surface area contributed by atoms with Crippen molar-refractivity contribution in [3.05, 3.63) is 36.7 Å². The maximum atomic E-state index is 12.3. The van der Waals surface area contributed by atoms with Crippen LogP contribution in [0.15, 0.2) is 36.7 Å². The van der Waals surface area contributed by atoms with Crippen LogP contribution >= 0.6 is 0 Å². The number of aromatic nitrogens is 2. The summed E-state index contributed by atoms with van der Waals surface area (Å²) in [7, 11) is -3.91. The van der Waals surface area contributed by atoms with Gasteiger partial charge in [-0.3, -0.25) is 19.0 Å². The number of hydrogen-bond acceptors (Lipinski definition) is 6. The van der Waals surface area contributed by atoms with Gasteiger partial charge in [0, 0.05) is 17.9 Å². The van der Waals surface area contributed by atoms with Gasteiger partial charge in [-0.2, -0.15) is 5.10 Å². The van der Waals surface area contributed by atoms with E-state index in [9.17, 15) is 18.0 Å². The zero-order valence-electron chi connectivity index (χ0n) is 18.2. The Hall–Kier alpha value is -3.08. The Labute approximate surface area is 187 Å². The van der Waals surface area contributed by atoms with Gasteiger partial charge in [-0.15, -0.1) is 0 Å². The minimum absolute atomic E-state index is 0.00674. The number of hydrogen-bond donors (Lipinski definition) is 3. The first-order valence-corrected chi connectivity index (χ1v) is 12.2. The zero-order valence-corrected chi connectivity index (χ0v) is 19.0. The van der Waals surface area contributed by atoms with Crippen molar-refractivity contribution in [3.63, 3.8) is 0 Å². The monoisotopic (exact) mass is 463 g/mol. The van der Waals surface area contributed by atoms with E-state index in [1.807, 2.05) is 13.8 Å². The minimum atomic E-state index is -3.91. The molecule has 0 spiro atoms. The molecule has 174 valence electrons. The van der Waals surface area contributed by atoms with Crippen molar-refractivity contribution in [1.29, 1.82) is 0 Å². The van der Waals surface area contributed by atoms with Crippen molar-refractivity contribution in [3.8, 4) is 5.75 Å². The third-order valence-electron chi connectivity index (χ3n) is 4.76. The lowest BCUT2D eigenvalue weighted by Crippen LogP contribution is -2.35. The van der Waals surface area contributed by atoms with Crippen LogP contribution in [0.1, 0.15) is 39.5 Å². The summed E-state index contributed by atoms with van der Waals surface area (Å²) in [5.74, 6) is -0.999. The van der Waals surface area contributed by atoms with E-state index in [-0.39, 0.29) is 24.6 Å². The number of rotatable bonds is 10. The summed E-state index contributed by atoms with van der Waals surface area (Å²) in [5, 5.41) is 9.49. The number of sulfonamides is 1. The van der Waals surface area contributed by atoms with Gasteiger partial charge in [0.1, 0.15) is 18.0 Å². The molecule has 0 saturated heterocycles. The smallest absolute Gasteiger partial charge is 0.241 e. The molecule has 3 rings (SSSR count). The van der Waals surface area contributed by atoms with Crippen LogP contribution < -0.4 is 20.1 Å². The third-order valence-corrected chi connectivity index (χ3v) is 5.95.